The number of hydrogen-bond donors (Lipinski definition) is 1. The smallest absolute Gasteiger partial charge is 0.214 e. The molecule has 3 nitrogen and oxygen atoms in total. The molecule has 1 saturated heterocycles. The highest BCUT2D eigenvalue weighted by atomic mass is 19.1. The van der Waals surface area contributed by atoms with Crippen LogP contribution < -0.4 is 5.32 Å². The van der Waals surface area contributed by atoms with E-state index < -0.39 is 5.95 Å². The second kappa shape index (κ2) is 4.57. The largest absolute Gasteiger partial charge is 0.384 e. The van der Waals surface area contributed by atoms with Gasteiger partial charge in [0, 0.05) is 37.0 Å². The number of ether oxygens (including phenoxy) is 1. The molecule has 0 spiro atoms. The van der Waals surface area contributed by atoms with Crippen LogP contribution in [0.2, 0.25) is 0 Å². The third-order valence-corrected chi connectivity index (χ3v) is 2.83. The van der Waals surface area contributed by atoms with Gasteiger partial charge in [0.1, 0.15) is 0 Å². The number of nitrogens with one attached hydrogen (secondary N) is 1. The normalized spacial score (nSPS) is 25.5. The van der Waals surface area contributed by atoms with Crippen LogP contribution in [-0.2, 0) is 4.74 Å². The van der Waals surface area contributed by atoms with Gasteiger partial charge >= 0.3 is 0 Å². The van der Waals surface area contributed by atoms with E-state index >= 15 is 0 Å². The minimum atomic E-state index is -0.448. The van der Waals surface area contributed by atoms with Crippen molar-refractivity contribution in [2.24, 2.45) is 5.92 Å². The zero-order chi connectivity index (χ0) is 10.7. The Hall–Kier alpha value is -1.16. The van der Waals surface area contributed by atoms with Gasteiger partial charge in [-0.2, -0.15) is 4.39 Å². The van der Waals surface area contributed by atoms with Crippen LogP contribution in [0.5, 0.6) is 0 Å². The van der Waals surface area contributed by atoms with Gasteiger partial charge < -0.3 is 10.1 Å². The van der Waals surface area contributed by atoms with Crippen molar-refractivity contribution in [2.45, 2.75) is 19.4 Å². The fourth-order valence-corrected chi connectivity index (χ4v) is 1.81. The molecule has 1 aromatic rings. The van der Waals surface area contributed by atoms with Gasteiger partial charge in [0.05, 0.1) is 6.10 Å². The van der Waals surface area contributed by atoms with Gasteiger partial charge in [0.2, 0.25) is 5.95 Å². The molecule has 0 radical (unpaired) electrons. The first-order chi connectivity index (χ1) is 7.25. The first kappa shape index (κ1) is 10.4. The Balaban J connectivity index is 1.87. The molecule has 2 atom stereocenters. The molecule has 0 aromatic carbocycles. The maximum Gasteiger partial charge on any atom is 0.214 e. The lowest BCUT2D eigenvalue weighted by Crippen LogP contribution is -2.20. The maximum atomic E-state index is 12.8. The molecule has 1 aliphatic rings. The summed E-state index contributed by atoms with van der Waals surface area (Å²) >= 11 is 0. The Morgan fingerprint density at radius 3 is 3.20 bits per heavy atom. The van der Waals surface area contributed by atoms with Crippen molar-refractivity contribution in [1.82, 2.24) is 4.98 Å². The lowest BCUT2D eigenvalue weighted by atomic mass is 10.0. The molecule has 2 heterocycles. The van der Waals surface area contributed by atoms with Crippen LogP contribution in [0.4, 0.5) is 10.1 Å². The van der Waals surface area contributed by atoms with Crippen molar-refractivity contribution >= 4 is 5.69 Å². The van der Waals surface area contributed by atoms with Gasteiger partial charge in [-0.1, -0.05) is 0 Å². The number of hydrogen-bond acceptors (Lipinski definition) is 3. The van der Waals surface area contributed by atoms with Crippen LogP contribution in [-0.4, -0.2) is 24.2 Å². The summed E-state index contributed by atoms with van der Waals surface area (Å²) in [5, 5.41) is 3.20. The van der Waals surface area contributed by atoms with Gasteiger partial charge in [0.25, 0.3) is 0 Å². The Morgan fingerprint density at radius 2 is 2.53 bits per heavy atom. The summed E-state index contributed by atoms with van der Waals surface area (Å²) in [7, 11) is 0. The third kappa shape index (κ3) is 2.65. The molecule has 1 fully saturated rings. The average Bonchev–Trinajstić information content (AvgIpc) is 2.61. The SMILES string of the molecule is CC1OCCC1CNc1ccnc(F)c1. The zero-order valence-electron chi connectivity index (χ0n) is 8.74. The summed E-state index contributed by atoms with van der Waals surface area (Å²) in [4.78, 5) is 3.50. The van der Waals surface area contributed by atoms with Crippen LogP contribution in [0.25, 0.3) is 0 Å². The first-order valence-corrected chi connectivity index (χ1v) is 5.23. The molecule has 0 amide bonds. The van der Waals surface area contributed by atoms with E-state index in [2.05, 4.69) is 17.2 Å². The second-order valence-electron chi connectivity index (χ2n) is 3.87. The van der Waals surface area contributed by atoms with E-state index in [1.165, 1.54) is 12.3 Å². The summed E-state index contributed by atoms with van der Waals surface area (Å²) in [6.45, 7) is 3.73. The predicted molar refractivity (Wildman–Crippen MR) is 56.2 cm³/mol. The quantitative estimate of drug-likeness (QED) is 0.775. The summed E-state index contributed by atoms with van der Waals surface area (Å²) in [5.41, 5.74) is 0.779. The highest BCUT2D eigenvalue weighted by Gasteiger charge is 2.23. The van der Waals surface area contributed by atoms with Crippen molar-refractivity contribution < 1.29 is 9.13 Å². The van der Waals surface area contributed by atoms with Crippen LogP contribution >= 0.6 is 0 Å². The number of halogens is 1. The van der Waals surface area contributed by atoms with Gasteiger partial charge in [-0.25, -0.2) is 4.98 Å². The maximum absolute atomic E-state index is 12.8. The Labute approximate surface area is 88.7 Å². The van der Waals surface area contributed by atoms with Crippen LogP contribution in [0.1, 0.15) is 13.3 Å². The molecule has 0 saturated carbocycles. The molecule has 0 bridgehead atoms. The monoisotopic (exact) mass is 210 g/mol. The molecule has 0 aliphatic carbocycles. The summed E-state index contributed by atoms with van der Waals surface area (Å²) in [6.07, 6.45) is 2.83. The van der Waals surface area contributed by atoms with Crippen LogP contribution in [0.3, 0.4) is 0 Å². The predicted octanol–water partition coefficient (Wildman–Crippen LogP) is 2.06. The van der Waals surface area contributed by atoms with E-state index in [4.69, 9.17) is 4.74 Å². The lowest BCUT2D eigenvalue weighted by Gasteiger charge is -2.15. The van der Waals surface area contributed by atoms with E-state index in [1.807, 2.05) is 0 Å². The molecular formula is C11H15FN2O. The molecule has 4 heteroatoms. The minimum Gasteiger partial charge on any atom is -0.384 e. The van der Waals surface area contributed by atoms with Crippen molar-refractivity contribution in [3.63, 3.8) is 0 Å². The van der Waals surface area contributed by atoms with Gasteiger partial charge in [-0.15, -0.1) is 0 Å². The van der Waals surface area contributed by atoms with E-state index in [-0.39, 0.29) is 0 Å². The third-order valence-electron chi connectivity index (χ3n) is 2.83. The number of aromatic nitrogens is 1. The van der Waals surface area contributed by atoms with Crippen LogP contribution in [0, 0.1) is 11.9 Å². The number of anilines is 1. The number of rotatable bonds is 3. The van der Waals surface area contributed by atoms with E-state index in [9.17, 15) is 4.39 Å². The summed E-state index contributed by atoms with van der Waals surface area (Å²) in [5.74, 6) is 0.0666. The molecule has 1 aromatic heterocycles. The van der Waals surface area contributed by atoms with Gasteiger partial charge in [0.15, 0.2) is 0 Å². The van der Waals surface area contributed by atoms with E-state index in [0.29, 0.717) is 12.0 Å². The van der Waals surface area contributed by atoms with Crippen molar-refractivity contribution in [2.75, 3.05) is 18.5 Å². The number of nitrogens with zero attached hydrogens (tertiary/aromatic N) is 1. The Kier molecular flexibility index (Phi) is 3.16. The van der Waals surface area contributed by atoms with E-state index in [1.54, 1.807) is 6.07 Å². The topological polar surface area (TPSA) is 34.1 Å². The van der Waals surface area contributed by atoms with Crippen LogP contribution in [0.15, 0.2) is 18.3 Å². The van der Waals surface area contributed by atoms with Gasteiger partial charge in [-0.3, -0.25) is 0 Å². The highest BCUT2D eigenvalue weighted by molar-refractivity contribution is 5.41. The van der Waals surface area contributed by atoms with Crippen molar-refractivity contribution in [3.8, 4) is 0 Å². The van der Waals surface area contributed by atoms with Gasteiger partial charge in [-0.05, 0) is 19.4 Å². The van der Waals surface area contributed by atoms with Crippen molar-refractivity contribution in [3.05, 3.63) is 24.3 Å². The second-order valence-corrected chi connectivity index (χ2v) is 3.87. The summed E-state index contributed by atoms with van der Waals surface area (Å²) < 4.78 is 18.2. The van der Waals surface area contributed by atoms with E-state index in [0.717, 1.165) is 25.3 Å². The molecule has 82 valence electrons. The molecule has 1 N–H and O–H groups in total. The fourth-order valence-electron chi connectivity index (χ4n) is 1.81. The zero-order valence-corrected chi connectivity index (χ0v) is 8.74. The number of pyridine rings is 1. The molecule has 2 rings (SSSR count). The average molecular weight is 210 g/mol. The molecule has 15 heavy (non-hydrogen) atoms. The highest BCUT2D eigenvalue weighted by Crippen LogP contribution is 2.20. The van der Waals surface area contributed by atoms with Crippen molar-refractivity contribution in [1.29, 1.82) is 0 Å². The molecule has 1 aliphatic heterocycles. The fraction of sp³-hybridized carbons (Fsp3) is 0.545. The Bertz CT molecular complexity index is 332. The standard InChI is InChI=1S/C11H15FN2O/c1-8-9(3-5-15-8)7-14-10-2-4-13-11(12)6-10/h2,4,6,8-9H,3,5,7H2,1H3,(H,13,14). The minimum absolute atomic E-state index is 0.296. The Morgan fingerprint density at radius 1 is 1.67 bits per heavy atom. The first-order valence-electron chi connectivity index (χ1n) is 5.23. The summed E-state index contributed by atoms with van der Waals surface area (Å²) in [6, 6.07) is 3.17. The molecule has 2 unspecified atom stereocenters. The lowest BCUT2D eigenvalue weighted by molar-refractivity contribution is 0.108. The molecular weight excluding hydrogens is 195 g/mol.